The maximum absolute atomic E-state index is 12.2. The molecule has 1 N–H and O–H groups in total. The monoisotopic (exact) mass is 321 g/mol. The smallest absolute Gasteiger partial charge is 0.276 e. The molecule has 5 nitrogen and oxygen atoms in total. The lowest BCUT2D eigenvalue weighted by molar-refractivity contribution is 0.102. The Morgan fingerprint density at radius 1 is 1.12 bits per heavy atom. The lowest BCUT2D eigenvalue weighted by Gasteiger charge is -2.09. The first kappa shape index (κ1) is 15.8. The molecule has 0 saturated heterocycles. The van der Waals surface area contributed by atoms with E-state index in [-0.39, 0.29) is 12.6 Å². The molecular weight excluding hydrogens is 302 g/mol. The van der Waals surface area contributed by atoms with Crippen molar-refractivity contribution in [2.24, 2.45) is 0 Å². The molecule has 1 heterocycles. The number of nitrogens with zero attached hydrogens (tertiary/aromatic N) is 2. The fourth-order valence-corrected chi connectivity index (χ4v) is 2.37. The summed E-state index contributed by atoms with van der Waals surface area (Å²) >= 11 is 0. The van der Waals surface area contributed by atoms with Crippen molar-refractivity contribution in [2.45, 2.75) is 20.6 Å². The Morgan fingerprint density at radius 2 is 1.92 bits per heavy atom. The van der Waals surface area contributed by atoms with E-state index in [9.17, 15) is 4.79 Å². The third kappa shape index (κ3) is 3.81. The van der Waals surface area contributed by atoms with Crippen molar-refractivity contribution in [1.82, 2.24) is 9.78 Å². The summed E-state index contributed by atoms with van der Waals surface area (Å²) in [4.78, 5) is 12.2. The van der Waals surface area contributed by atoms with Crippen LogP contribution in [-0.2, 0) is 6.73 Å². The molecule has 0 fully saturated rings. The van der Waals surface area contributed by atoms with E-state index in [0.717, 1.165) is 17.0 Å². The van der Waals surface area contributed by atoms with Crippen LogP contribution in [-0.4, -0.2) is 15.7 Å². The van der Waals surface area contributed by atoms with Gasteiger partial charge in [0.05, 0.1) is 0 Å². The van der Waals surface area contributed by atoms with E-state index in [1.165, 1.54) is 5.56 Å². The van der Waals surface area contributed by atoms with Crippen LogP contribution in [0, 0.1) is 13.8 Å². The summed E-state index contributed by atoms with van der Waals surface area (Å²) in [5.74, 6) is 0.567. The van der Waals surface area contributed by atoms with E-state index < -0.39 is 0 Å². The predicted molar refractivity (Wildman–Crippen MR) is 93.2 cm³/mol. The maximum atomic E-state index is 12.2. The summed E-state index contributed by atoms with van der Waals surface area (Å²) in [6.45, 7) is 4.30. The number of nitrogens with one attached hydrogen (secondary N) is 1. The van der Waals surface area contributed by atoms with Gasteiger partial charge in [-0.15, -0.1) is 0 Å². The topological polar surface area (TPSA) is 56.1 Å². The lowest BCUT2D eigenvalue weighted by Crippen LogP contribution is -2.14. The zero-order chi connectivity index (χ0) is 16.9. The van der Waals surface area contributed by atoms with Gasteiger partial charge in [-0.2, -0.15) is 5.10 Å². The zero-order valence-electron chi connectivity index (χ0n) is 13.7. The Morgan fingerprint density at radius 3 is 2.67 bits per heavy atom. The second kappa shape index (κ2) is 7.00. The first-order valence-corrected chi connectivity index (χ1v) is 7.72. The molecule has 3 rings (SSSR count). The highest BCUT2D eigenvalue weighted by atomic mass is 16.5. The van der Waals surface area contributed by atoms with Gasteiger partial charge in [-0.1, -0.05) is 35.9 Å². The van der Waals surface area contributed by atoms with Gasteiger partial charge in [-0.3, -0.25) is 4.79 Å². The molecule has 5 heteroatoms. The highest BCUT2D eigenvalue weighted by Gasteiger charge is 2.10. The fourth-order valence-electron chi connectivity index (χ4n) is 2.37. The van der Waals surface area contributed by atoms with Gasteiger partial charge in [0.2, 0.25) is 0 Å². The minimum absolute atomic E-state index is 0.244. The Balaban J connectivity index is 1.62. The molecule has 0 saturated carbocycles. The number of carbonyl (C=O) groups is 1. The number of benzene rings is 2. The number of ether oxygens (including phenoxy) is 1. The molecule has 0 aliphatic heterocycles. The van der Waals surface area contributed by atoms with Crippen molar-refractivity contribution in [1.29, 1.82) is 0 Å². The number of aryl methyl sites for hydroxylation is 2. The maximum Gasteiger partial charge on any atom is 0.276 e. The van der Waals surface area contributed by atoms with Gasteiger partial charge in [0.1, 0.15) is 5.75 Å². The summed E-state index contributed by atoms with van der Waals surface area (Å²) < 4.78 is 7.35. The van der Waals surface area contributed by atoms with Gasteiger partial charge in [0, 0.05) is 11.9 Å². The number of para-hydroxylation sites is 1. The zero-order valence-corrected chi connectivity index (χ0v) is 13.7. The van der Waals surface area contributed by atoms with E-state index in [4.69, 9.17) is 4.74 Å². The summed E-state index contributed by atoms with van der Waals surface area (Å²) in [7, 11) is 0. The van der Waals surface area contributed by atoms with Crippen molar-refractivity contribution in [3.8, 4) is 5.75 Å². The van der Waals surface area contributed by atoms with Crippen LogP contribution in [0.5, 0.6) is 5.75 Å². The molecule has 0 spiro atoms. The van der Waals surface area contributed by atoms with Crippen LogP contribution in [0.25, 0.3) is 0 Å². The molecule has 0 aliphatic rings. The summed E-state index contributed by atoms with van der Waals surface area (Å²) in [6, 6.07) is 17.0. The molecule has 1 aromatic heterocycles. The standard InChI is InChI=1S/C19H19N3O2/c1-14-8-9-18(15(2)12-14)24-13-22-11-10-17(21-22)19(23)20-16-6-4-3-5-7-16/h3-12H,13H2,1-2H3,(H,20,23). The van der Waals surface area contributed by atoms with Crippen molar-refractivity contribution >= 4 is 11.6 Å². The van der Waals surface area contributed by atoms with Crippen molar-refractivity contribution < 1.29 is 9.53 Å². The molecule has 0 radical (unpaired) electrons. The van der Waals surface area contributed by atoms with Crippen LogP contribution in [0.15, 0.2) is 60.8 Å². The molecule has 0 unspecified atom stereocenters. The largest absolute Gasteiger partial charge is 0.471 e. The third-order valence-electron chi connectivity index (χ3n) is 3.59. The van der Waals surface area contributed by atoms with Crippen LogP contribution in [0.2, 0.25) is 0 Å². The lowest BCUT2D eigenvalue weighted by atomic mass is 10.1. The molecule has 0 aliphatic carbocycles. The van der Waals surface area contributed by atoms with Gasteiger partial charge in [-0.05, 0) is 43.7 Å². The van der Waals surface area contributed by atoms with Gasteiger partial charge >= 0.3 is 0 Å². The minimum Gasteiger partial charge on any atom is -0.471 e. The number of hydrogen-bond acceptors (Lipinski definition) is 3. The molecule has 0 atom stereocenters. The molecule has 3 aromatic rings. The van der Waals surface area contributed by atoms with Gasteiger partial charge in [0.25, 0.3) is 5.91 Å². The number of aromatic nitrogens is 2. The van der Waals surface area contributed by atoms with E-state index in [2.05, 4.69) is 16.5 Å². The van der Waals surface area contributed by atoms with Crippen molar-refractivity contribution in [3.05, 3.63) is 77.6 Å². The highest BCUT2D eigenvalue weighted by Crippen LogP contribution is 2.19. The first-order valence-electron chi connectivity index (χ1n) is 7.72. The SMILES string of the molecule is Cc1ccc(OCn2ccc(C(=O)Nc3ccccc3)n2)c(C)c1. The molecule has 2 aromatic carbocycles. The number of amides is 1. The van der Waals surface area contributed by atoms with Gasteiger partial charge in [-0.25, -0.2) is 4.68 Å². The minimum atomic E-state index is -0.244. The Bertz CT molecular complexity index is 841. The molecular formula is C19H19N3O2. The van der Waals surface area contributed by atoms with Crippen LogP contribution in [0.3, 0.4) is 0 Å². The highest BCUT2D eigenvalue weighted by molar-refractivity contribution is 6.02. The predicted octanol–water partition coefficient (Wildman–Crippen LogP) is 3.79. The number of carbonyl (C=O) groups excluding carboxylic acids is 1. The fraction of sp³-hybridized carbons (Fsp3) is 0.158. The normalized spacial score (nSPS) is 10.4. The second-order valence-electron chi connectivity index (χ2n) is 5.60. The van der Waals surface area contributed by atoms with Crippen molar-refractivity contribution in [3.63, 3.8) is 0 Å². The van der Waals surface area contributed by atoms with E-state index >= 15 is 0 Å². The van der Waals surface area contributed by atoms with E-state index in [1.54, 1.807) is 16.9 Å². The second-order valence-corrected chi connectivity index (χ2v) is 5.60. The quantitative estimate of drug-likeness (QED) is 0.778. The molecule has 122 valence electrons. The average Bonchev–Trinajstić information content (AvgIpc) is 3.04. The van der Waals surface area contributed by atoms with Crippen molar-refractivity contribution in [2.75, 3.05) is 5.32 Å². The summed E-state index contributed by atoms with van der Waals surface area (Å²) in [6.07, 6.45) is 1.73. The molecule has 24 heavy (non-hydrogen) atoms. The van der Waals surface area contributed by atoms with Crippen LogP contribution >= 0.6 is 0 Å². The Labute approximate surface area is 140 Å². The van der Waals surface area contributed by atoms with E-state index in [0.29, 0.717) is 5.69 Å². The summed E-state index contributed by atoms with van der Waals surface area (Å²) in [5.41, 5.74) is 3.36. The van der Waals surface area contributed by atoms with Crippen LogP contribution in [0.4, 0.5) is 5.69 Å². The molecule has 0 bridgehead atoms. The number of anilines is 1. The van der Waals surface area contributed by atoms with Crippen LogP contribution in [0.1, 0.15) is 21.6 Å². The Kier molecular flexibility index (Phi) is 4.61. The van der Waals surface area contributed by atoms with Gasteiger partial charge in [0.15, 0.2) is 12.4 Å². The molecule has 1 amide bonds. The van der Waals surface area contributed by atoms with E-state index in [1.807, 2.05) is 56.3 Å². The third-order valence-corrected chi connectivity index (χ3v) is 3.59. The van der Waals surface area contributed by atoms with Gasteiger partial charge < -0.3 is 10.1 Å². The average molecular weight is 321 g/mol. The number of rotatable bonds is 5. The first-order chi connectivity index (χ1) is 11.6. The van der Waals surface area contributed by atoms with Crippen LogP contribution < -0.4 is 10.1 Å². The Hall–Kier alpha value is -3.08. The summed E-state index contributed by atoms with van der Waals surface area (Å²) in [5, 5.41) is 7.05. The number of hydrogen-bond donors (Lipinski definition) is 1.